The van der Waals surface area contributed by atoms with Crippen LogP contribution in [-0.2, 0) is 4.74 Å². The van der Waals surface area contributed by atoms with E-state index in [0.29, 0.717) is 13.2 Å². The highest BCUT2D eigenvalue weighted by molar-refractivity contribution is 5.43. The minimum absolute atomic E-state index is 0.00824. The lowest BCUT2D eigenvalue weighted by molar-refractivity contribution is 0.144. The van der Waals surface area contributed by atoms with Crippen molar-refractivity contribution in [3.05, 3.63) is 18.2 Å². The molecule has 0 unspecified atom stereocenters. The third-order valence-electron chi connectivity index (χ3n) is 1.49. The Morgan fingerprint density at radius 1 is 1.23 bits per heavy atom. The Bertz CT molecular complexity index is 272. The van der Waals surface area contributed by atoms with Gasteiger partial charge in [-0.05, 0) is 12.1 Å². The van der Waals surface area contributed by atoms with Gasteiger partial charge in [-0.1, -0.05) is 0 Å². The van der Waals surface area contributed by atoms with Gasteiger partial charge in [0.05, 0.1) is 6.61 Å². The third-order valence-corrected chi connectivity index (χ3v) is 1.49. The fraction of sp³-hybridized carbons (Fsp3) is 0.333. The summed E-state index contributed by atoms with van der Waals surface area (Å²) < 4.78 is 9.89. The van der Waals surface area contributed by atoms with E-state index in [9.17, 15) is 5.11 Å². The fourth-order valence-electron chi connectivity index (χ4n) is 0.853. The van der Waals surface area contributed by atoms with E-state index in [-0.39, 0.29) is 17.2 Å². The quantitative estimate of drug-likeness (QED) is 0.544. The molecule has 0 amide bonds. The molecule has 1 aromatic rings. The highest BCUT2D eigenvalue weighted by atomic mass is 16.5. The van der Waals surface area contributed by atoms with E-state index < -0.39 is 0 Å². The van der Waals surface area contributed by atoms with Crippen molar-refractivity contribution in [1.82, 2.24) is 0 Å². The van der Waals surface area contributed by atoms with E-state index >= 15 is 0 Å². The monoisotopic (exact) mass is 184 g/mol. The van der Waals surface area contributed by atoms with Gasteiger partial charge in [0.15, 0.2) is 11.5 Å². The molecule has 0 saturated heterocycles. The first-order valence-electron chi connectivity index (χ1n) is 3.87. The predicted octanol–water partition coefficient (Wildman–Crippen LogP) is 1.12. The molecule has 4 heteroatoms. The van der Waals surface area contributed by atoms with Crippen LogP contribution >= 0.6 is 0 Å². The minimum atomic E-state index is 0.00824. The maximum Gasteiger partial charge on any atom is 0.164 e. The molecule has 0 aliphatic carbocycles. The van der Waals surface area contributed by atoms with Crippen molar-refractivity contribution in [2.75, 3.05) is 20.3 Å². The molecule has 1 aromatic carbocycles. The zero-order chi connectivity index (χ0) is 9.68. The lowest BCUT2D eigenvalue weighted by Crippen LogP contribution is -2.04. The van der Waals surface area contributed by atoms with E-state index in [1.807, 2.05) is 0 Å². The molecule has 13 heavy (non-hydrogen) atoms. The van der Waals surface area contributed by atoms with Crippen molar-refractivity contribution in [3.63, 3.8) is 0 Å². The molecule has 2 N–H and O–H groups in total. The molecule has 0 fully saturated rings. The molecule has 0 heterocycles. The topological polar surface area (TPSA) is 58.9 Å². The van der Waals surface area contributed by atoms with Gasteiger partial charge in [0.2, 0.25) is 0 Å². The number of ether oxygens (including phenoxy) is 2. The Hall–Kier alpha value is -1.42. The summed E-state index contributed by atoms with van der Waals surface area (Å²) in [5, 5.41) is 18.3. The molecule has 4 nitrogen and oxygen atoms in total. The predicted molar refractivity (Wildman–Crippen MR) is 47.1 cm³/mol. The number of hydrogen-bond donors (Lipinski definition) is 2. The minimum Gasteiger partial charge on any atom is -0.508 e. The number of aromatic hydroxyl groups is 2. The Kier molecular flexibility index (Phi) is 3.40. The molecule has 72 valence electrons. The summed E-state index contributed by atoms with van der Waals surface area (Å²) in [6.07, 6.45) is 0. The molecule has 0 saturated carbocycles. The molecule has 0 bridgehead atoms. The molecule has 0 radical (unpaired) electrons. The maximum atomic E-state index is 9.26. The third kappa shape index (κ3) is 2.83. The molecular formula is C9H12O4. The van der Waals surface area contributed by atoms with Crippen LogP contribution in [0.15, 0.2) is 18.2 Å². The van der Waals surface area contributed by atoms with Gasteiger partial charge in [0.1, 0.15) is 12.4 Å². The average molecular weight is 184 g/mol. The summed E-state index contributed by atoms with van der Waals surface area (Å²) in [5.41, 5.74) is 0. The van der Waals surface area contributed by atoms with Crippen molar-refractivity contribution in [1.29, 1.82) is 0 Å². The highest BCUT2D eigenvalue weighted by Crippen LogP contribution is 2.29. The van der Waals surface area contributed by atoms with Crippen molar-refractivity contribution >= 4 is 0 Å². The summed E-state index contributed by atoms with van der Waals surface area (Å²) in [4.78, 5) is 0. The van der Waals surface area contributed by atoms with Crippen LogP contribution in [0.1, 0.15) is 0 Å². The number of hydrogen-bond acceptors (Lipinski definition) is 4. The fourth-order valence-corrected chi connectivity index (χ4v) is 0.853. The summed E-state index contributed by atoms with van der Waals surface area (Å²) in [6, 6.07) is 4.11. The van der Waals surface area contributed by atoms with E-state index in [1.165, 1.54) is 18.2 Å². The van der Waals surface area contributed by atoms with Crippen LogP contribution in [0.4, 0.5) is 0 Å². The Morgan fingerprint density at radius 3 is 2.69 bits per heavy atom. The second-order valence-electron chi connectivity index (χ2n) is 2.49. The normalized spacial score (nSPS) is 9.92. The van der Waals surface area contributed by atoms with Gasteiger partial charge in [-0.25, -0.2) is 0 Å². The molecule has 1 rings (SSSR count). The molecule has 0 atom stereocenters. The van der Waals surface area contributed by atoms with Gasteiger partial charge in [-0.3, -0.25) is 0 Å². The second kappa shape index (κ2) is 4.57. The zero-order valence-corrected chi connectivity index (χ0v) is 7.36. The zero-order valence-electron chi connectivity index (χ0n) is 7.36. The van der Waals surface area contributed by atoms with Gasteiger partial charge in [-0.15, -0.1) is 0 Å². The Morgan fingerprint density at radius 2 is 2.00 bits per heavy atom. The second-order valence-corrected chi connectivity index (χ2v) is 2.49. The van der Waals surface area contributed by atoms with Gasteiger partial charge in [0, 0.05) is 13.2 Å². The van der Waals surface area contributed by atoms with Crippen LogP contribution in [-0.4, -0.2) is 30.5 Å². The molecular weight excluding hydrogens is 172 g/mol. The average Bonchev–Trinajstić information content (AvgIpc) is 2.11. The molecule has 0 aliphatic heterocycles. The standard InChI is InChI=1S/C9H12O4/c1-12-4-5-13-9-6-7(10)2-3-8(9)11/h2-3,6,10-11H,4-5H2,1H3. The summed E-state index contributed by atoms with van der Waals surface area (Å²) >= 11 is 0. The number of methoxy groups -OCH3 is 1. The van der Waals surface area contributed by atoms with Crippen LogP contribution in [0, 0.1) is 0 Å². The summed E-state index contributed by atoms with van der Waals surface area (Å²) in [7, 11) is 1.56. The maximum absolute atomic E-state index is 9.26. The Balaban J connectivity index is 2.59. The SMILES string of the molecule is COCCOc1cc(O)ccc1O. The van der Waals surface area contributed by atoms with Gasteiger partial charge in [-0.2, -0.15) is 0 Å². The Labute approximate surface area is 76.3 Å². The van der Waals surface area contributed by atoms with Gasteiger partial charge < -0.3 is 19.7 Å². The first-order valence-corrected chi connectivity index (χ1v) is 3.87. The number of phenols is 2. The highest BCUT2D eigenvalue weighted by Gasteiger charge is 2.02. The molecule has 0 aromatic heterocycles. The van der Waals surface area contributed by atoms with E-state index in [0.717, 1.165) is 0 Å². The van der Waals surface area contributed by atoms with Crippen LogP contribution in [0.2, 0.25) is 0 Å². The van der Waals surface area contributed by atoms with Gasteiger partial charge in [0.25, 0.3) is 0 Å². The van der Waals surface area contributed by atoms with Crippen LogP contribution in [0.5, 0.6) is 17.2 Å². The molecule has 0 aliphatic rings. The number of benzene rings is 1. The molecule has 0 spiro atoms. The summed E-state index contributed by atoms with van der Waals surface area (Å²) in [5.74, 6) is 0.330. The smallest absolute Gasteiger partial charge is 0.164 e. The lowest BCUT2D eigenvalue weighted by Gasteiger charge is -2.07. The van der Waals surface area contributed by atoms with Crippen LogP contribution in [0.25, 0.3) is 0 Å². The first-order chi connectivity index (χ1) is 6.24. The van der Waals surface area contributed by atoms with Crippen LogP contribution in [0.3, 0.4) is 0 Å². The summed E-state index contributed by atoms with van der Waals surface area (Å²) in [6.45, 7) is 0.780. The van der Waals surface area contributed by atoms with Crippen molar-refractivity contribution < 1.29 is 19.7 Å². The first kappa shape index (κ1) is 9.67. The van der Waals surface area contributed by atoms with E-state index in [4.69, 9.17) is 14.6 Å². The number of phenolic OH excluding ortho intramolecular Hbond substituents is 2. The largest absolute Gasteiger partial charge is 0.508 e. The lowest BCUT2D eigenvalue weighted by atomic mass is 10.3. The van der Waals surface area contributed by atoms with E-state index in [2.05, 4.69) is 0 Å². The van der Waals surface area contributed by atoms with E-state index in [1.54, 1.807) is 7.11 Å². The van der Waals surface area contributed by atoms with Crippen LogP contribution < -0.4 is 4.74 Å². The van der Waals surface area contributed by atoms with Crippen molar-refractivity contribution in [2.45, 2.75) is 0 Å². The number of rotatable bonds is 4. The van der Waals surface area contributed by atoms with Crippen molar-refractivity contribution in [3.8, 4) is 17.2 Å². The van der Waals surface area contributed by atoms with Gasteiger partial charge >= 0.3 is 0 Å². The van der Waals surface area contributed by atoms with Crippen molar-refractivity contribution in [2.24, 2.45) is 0 Å².